The van der Waals surface area contributed by atoms with E-state index in [0.29, 0.717) is 12.8 Å². The summed E-state index contributed by atoms with van der Waals surface area (Å²) in [5, 5.41) is 12.9. The zero-order valence-corrected chi connectivity index (χ0v) is 10.1. The Morgan fingerprint density at radius 2 is 2.50 bits per heavy atom. The molecule has 1 amide bonds. The Bertz CT molecular complexity index is 337. The van der Waals surface area contributed by atoms with Crippen LogP contribution in [0.25, 0.3) is 0 Å². The van der Waals surface area contributed by atoms with Gasteiger partial charge in [0, 0.05) is 19.6 Å². The molecule has 1 unspecified atom stereocenters. The van der Waals surface area contributed by atoms with Crippen molar-refractivity contribution in [1.82, 2.24) is 4.90 Å². The van der Waals surface area contributed by atoms with Crippen molar-refractivity contribution in [2.45, 2.75) is 31.7 Å². The Kier molecular flexibility index (Phi) is 3.96. The van der Waals surface area contributed by atoms with Crippen molar-refractivity contribution in [1.29, 1.82) is 0 Å². The van der Waals surface area contributed by atoms with Crippen molar-refractivity contribution < 1.29 is 9.90 Å². The summed E-state index contributed by atoms with van der Waals surface area (Å²) in [5.74, 6) is 0.183. The predicted octanol–water partition coefficient (Wildman–Crippen LogP) is 2.18. The van der Waals surface area contributed by atoms with E-state index in [2.05, 4.69) is 16.8 Å². The van der Waals surface area contributed by atoms with Crippen LogP contribution >= 0.6 is 11.3 Å². The van der Waals surface area contributed by atoms with E-state index in [-0.39, 0.29) is 18.6 Å². The topological polar surface area (TPSA) is 40.5 Å². The molecule has 1 atom stereocenters. The summed E-state index contributed by atoms with van der Waals surface area (Å²) in [7, 11) is 0. The van der Waals surface area contributed by atoms with Gasteiger partial charge in [0.2, 0.25) is 5.91 Å². The Morgan fingerprint density at radius 3 is 3.19 bits per heavy atom. The predicted molar refractivity (Wildman–Crippen MR) is 64.3 cm³/mol. The van der Waals surface area contributed by atoms with Gasteiger partial charge in [-0.15, -0.1) is 0 Å². The summed E-state index contributed by atoms with van der Waals surface area (Å²) in [6, 6.07) is 2.38. The van der Waals surface area contributed by atoms with Gasteiger partial charge in [0.05, 0.1) is 6.04 Å². The van der Waals surface area contributed by atoms with Gasteiger partial charge < -0.3 is 10.0 Å². The van der Waals surface area contributed by atoms with E-state index in [1.807, 2.05) is 4.90 Å². The fourth-order valence-corrected chi connectivity index (χ4v) is 2.96. The summed E-state index contributed by atoms with van der Waals surface area (Å²) in [4.78, 5) is 13.9. The lowest BCUT2D eigenvalue weighted by Gasteiger charge is -2.24. The molecule has 1 saturated heterocycles. The van der Waals surface area contributed by atoms with Crippen LogP contribution in [0, 0.1) is 0 Å². The number of aliphatic hydroxyl groups excluding tert-OH is 1. The van der Waals surface area contributed by atoms with E-state index >= 15 is 0 Å². The van der Waals surface area contributed by atoms with Crippen LogP contribution in [0.3, 0.4) is 0 Å². The molecule has 2 heterocycles. The molecule has 1 N–H and O–H groups in total. The molecule has 0 bridgehead atoms. The Labute approximate surface area is 99.7 Å². The minimum atomic E-state index is 0.0999. The lowest BCUT2D eigenvalue weighted by Crippen LogP contribution is -2.30. The fraction of sp³-hybridized carbons (Fsp3) is 0.583. The Hall–Kier alpha value is -0.870. The van der Waals surface area contributed by atoms with Crippen LogP contribution in [0.15, 0.2) is 16.8 Å². The lowest BCUT2D eigenvalue weighted by atomic mass is 10.1. The molecule has 0 spiro atoms. The molecule has 0 saturated carbocycles. The number of thiophene rings is 1. The molecule has 0 aliphatic carbocycles. The minimum Gasteiger partial charge on any atom is -0.396 e. The molecule has 2 rings (SSSR count). The molecule has 1 aromatic heterocycles. The summed E-state index contributed by atoms with van der Waals surface area (Å²) in [6.45, 7) is 0.966. The number of carbonyl (C=O) groups is 1. The molecule has 1 fully saturated rings. The van der Waals surface area contributed by atoms with E-state index in [9.17, 15) is 4.79 Å². The first-order chi connectivity index (χ1) is 7.83. The normalized spacial score (nSPS) is 20.3. The highest BCUT2D eigenvalue weighted by Crippen LogP contribution is 2.33. The van der Waals surface area contributed by atoms with Gasteiger partial charge in [0.25, 0.3) is 0 Å². The monoisotopic (exact) mass is 239 g/mol. The van der Waals surface area contributed by atoms with Crippen LogP contribution in [0.4, 0.5) is 0 Å². The van der Waals surface area contributed by atoms with Gasteiger partial charge in [0.1, 0.15) is 0 Å². The molecule has 1 aliphatic rings. The summed E-state index contributed by atoms with van der Waals surface area (Å²) >= 11 is 1.68. The summed E-state index contributed by atoms with van der Waals surface area (Å²) in [5.41, 5.74) is 1.26. The molecule has 0 radical (unpaired) electrons. The highest BCUT2D eigenvalue weighted by Gasteiger charge is 2.29. The van der Waals surface area contributed by atoms with Gasteiger partial charge in [0.15, 0.2) is 0 Å². The maximum atomic E-state index is 11.9. The lowest BCUT2D eigenvalue weighted by molar-refractivity contribution is -0.132. The van der Waals surface area contributed by atoms with E-state index in [4.69, 9.17) is 5.11 Å². The highest BCUT2D eigenvalue weighted by molar-refractivity contribution is 7.07. The van der Waals surface area contributed by atoms with Gasteiger partial charge in [-0.05, 0) is 41.7 Å². The number of likely N-dealkylation sites (tertiary alicyclic amines) is 1. The van der Waals surface area contributed by atoms with Crippen molar-refractivity contribution in [3.8, 4) is 0 Å². The zero-order valence-electron chi connectivity index (χ0n) is 9.26. The van der Waals surface area contributed by atoms with E-state index < -0.39 is 0 Å². The highest BCUT2D eigenvalue weighted by atomic mass is 32.1. The van der Waals surface area contributed by atoms with E-state index in [1.54, 1.807) is 11.3 Å². The van der Waals surface area contributed by atoms with Gasteiger partial charge in [-0.3, -0.25) is 4.79 Å². The van der Waals surface area contributed by atoms with Gasteiger partial charge in [-0.2, -0.15) is 11.3 Å². The van der Waals surface area contributed by atoms with Crippen LogP contribution in [-0.4, -0.2) is 29.1 Å². The summed E-state index contributed by atoms with van der Waals surface area (Å²) in [6.07, 6.45) is 3.20. The Morgan fingerprint density at radius 1 is 1.62 bits per heavy atom. The van der Waals surface area contributed by atoms with Crippen LogP contribution in [0.5, 0.6) is 0 Å². The largest absolute Gasteiger partial charge is 0.396 e. The number of hydrogen-bond donors (Lipinski definition) is 1. The molecule has 0 aromatic carbocycles. The average molecular weight is 239 g/mol. The number of amides is 1. The SMILES string of the molecule is O=C(CCCO)N1CCCC1c1ccsc1. The van der Waals surface area contributed by atoms with Crippen molar-refractivity contribution in [3.05, 3.63) is 22.4 Å². The quantitative estimate of drug-likeness (QED) is 0.875. The number of aliphatic hydroxyl groups is 1. The second-order valence-corrected chi connectivity index (χ2v) is 4.91. The van der Waals surface area contributed by atoms with Crippen LogP contribution in [-0.2, 0) is 4.79 Å². The van der Waals surface area contributed by atoms with E-state index in [0.717, 1.165) is 19.4 Å². The molecular weight excluding hydrogens is 222 g/mol. The molecular formula is C12H17NO2S. The number of rotatable bonds is 4. The number of hydrogen-bond acceptors (Lipinski definition) is 3. The molecule has 3 nitrogen and oxygen atoms in total. The smallest absolute Gasteiger partial charge is 0.223 e. The molecule has 16 heavy (non-hydrogen) atoms. The molecule has 88 valence electrons. The van der Waals surface area contributed by atoms with Gasteiger partial charge in [-0.25, -0.2) is 0 Å². The average Bonchev–Trinajstić information content (AvgIpc) is 2.94. The Balaban J connectivity index is 2.01. The van der Waals surface area contributed by atoms with Crippen molar-refractivity contribution in [3.63, 3.8) is 0 Å². The van der Waals surface area contributed by atoms with Crippen LogP contribution in [0.1, 0.15) is 37.3 Å². The fourth-order valence-electron chi connectivity index (χ4n) is 2.25. The summed E-state index contributed by atoms with van der Waals surface area (Å²) < 4.78 is 0. The second kappa shape index (κ2) is 5.46. The van der Waals surface area contributed by atoms with E-state index in [1.165, 1.54) is 5.56 Å². The van der Waals surface area contributed by atoms with Gasteiger partial charge >= 0.3 is 0 Å². The number of nitrogens with zero attached hydrogens (tertiary/aromatic N) is 1. The number of carbonyl (C=O) groups excluding carboxylic acids is 1. The van der Waals surface area contributed by atoms with Crippen molar-refractivity contribution in [2.24, 2.45) is 0 Å². The second-order valence-electron chi connectivity index (χ2n) is 4.13. The van der Waals surface area contributed by atoms with Crippen LogP contribution in [0.2, 0.25) is 0 Å². The standard InChI is InChI=1S/C12H17NO2S/c14-7-2-4-12(15)13-6-1-3-11(13)10-5-8-16-9-10/h5,8-9,11,14H,1-4,6-7H2. The minimum absolute atomic E-state index is 0.0999. The third-order valence-electron chi connectivity index (χ3n) is 3.05. The van der Waals surface area contributed by atoms with Crippen LogP contribution < -0.4 is 0 Å². The maximum Gasteiger partial charge on any atom is 0.223 e. The maximum absolute atomic E-state index is 11.9. The third kappa shape index (κ3) is 2.44. The first-order valence-electron chi connectivity index (χ1n) is 5.75. The zero-order chi connectivity index (χ0) is 11.4. The molecule has 4 heteroatoms. The van der Waals surface area contributed by atoms with Crippen molar-refractivity contribution >= 4 is 17.2 Å². The molecule has 1 aromatic rings. The first-order valence-corrected chi connectivity index (χ1v) is 6.69. The molecule has 1 aliphatic heterocycles. The van der Waals surface area contributed by atoms with Crippen molar-refractivity contribution in [2.75, 3.05) is 13.2 Å². The van der Waals surface area contributed by atoms with Gasteiger partial charge in [-0.1, -0.05) is 0 Å². The first kappa shape index (κ1) is 11.6. The third-order valence-corrected chi connectivity index (χ3v) is 3.75.